The van der Waals surface area contributed by atoms with E-state index in [-0.39, 0.29) is 12.2 Å². The fourth-order valence-corrected chi connectivity index (χ4v) is 2.29. The molecule has 3 rings (SSSR count). The predicted molar refractivity (Wildman–Crippen MR) is 78.0 cm³/mol. The number of rotatable bonds is 5. The van der Waals surface area contributed by atoms with Gasteiger partial charge in [-0.15, -0.1) is 0 Å². The lowest BCUT2D eigenvalue weighted by Gasteiger charge is -2.18. The van der Waals surface area contributed by atoms with Gasteiger partial charge in [0, 0.05) is 23.7 Å². The van der Waals surface area contributed by atoms with Crippen LogP contribution in [-0.2, 0) is 0 Å². The Labute approximate surface area is 127 Å². The van der Waals surface area contributed by atoms with Gasteiger partial charge in [0.25, 0.3) is 0 Å². The maximum absolute atomic E-state index is 12.2. The quantitative estimate of drug-likeness (QED) is 0.850. The first-order valence-corrected chi connectivity index (χ1v) is 7.11. The van der Waals surface area contributed by atoms with Gasteiger partial charge in [0.15, 0.2) is 17.3 Å². The van der Waals surface area contributed by atoms with E-state index in [1.54, 1.807) is 24.3 Å². The zero-order valence-electron chi connectivity index (χ0n) is 11.9. The third kappa shape index (κ3) is 3.23. The molecule has 2 aromatic rings. The maximum atomic E-state index is 12.2. The second kappa shape index (κ2) is 6.53. The van der Waals surface area contributed by atoms with Gasteiger partial charge in [0.2, 0.25) is 0 Å². The number of carbonyl (C=O) groups excluding carboxylic acids is 1. The van der Waals surface area contributed by atoms with Crippen molar-refractivity contribution < 1.29 is 19.4 Å². The molecule has 0 spiro atoms. The van der Waals surface area contributed by atoms with Crippen LogP contribution >= 0.6 is 0 Å². The van der Waals surface area contributed by atoms with Crippen LogP contribution in [0.25, 0.3) is 0 Å². The summed E-state index contributed by atoms with van der Waals surface area (Å²) < 4.78 is 10.9. The summed E-state index contributed by atoms with van der Waals surface area (Å²) in [6.45, 7) is 1.00. The number of Topliss-reactive ketones (excluding diaryl/α,β-unsaturated/α-hetero) is 1. The van der Waals surface area contributed by atoms with Gasteiger partial charge in [-0.25, -0.2) is 0 Å². The molecule has 22 heavy (non-hydrogen) atoms. The molecule has 0 fully saturated rings. The molecule has 2 heterocycles. The molecular weight excluding hydrogens is 284 g/mol. The van der Waals surface area contributed by atoms with Crippen LogP contribution in [0.4, 0.5) is 0 Å². The number of hydrogen-bond acceptors (Lipinski definition) is 6. The minimum atomic E-state index is -0.725. The molecule has 0 saturated heterocycles. The Kier molecular flexibility index (Phi) is 4.29. The zero-order valence-corrected chi connectivity index (χ0v) is 11.9. The molecule has 1 atom stereocenters. The molecule has 1 aliphatic rings. The summed E-state index contributed by atoms with van der Waals surface area (Å²) in [4.78, 5) is 12.2. The third-order valence-corrected chi connectivity index (χ3v) is 3.50. The highest BCUT2D eigenvalue weighted by atomic mass is 16.6. The number of aliphatic hydroxyl groups is 1. The summed E-state index contributed by atoms with van der Waals surface area (Å²) in [7, 11) is 0. The highest BCUT2D eigenvalue weighted by Crippen LogP contribution is 2.31. The Hall–Kier alpha value is -2.47. The van der Waals surface area contributed by atoms with Crippen LogP contribution in [0.3, 0.4) is 0 Å². The summed E-state index contributed by atoms with van der Waals surface area (Å²) in [5.41, 5.74) is 1.22. The molecule has 6 nitrogen and oxygen atoms in total. The average Bonchev–Trinajstić information content (AvgIpc) is 2.59. The van der Waals surface area contributed by atoms with Gasteiger partial charge in [0.1, 0.15) is 13.2 Å². The second-order valence-electron chi connectivity index (χ2n) is 5.01. The summed E-state index contributed by atoms with van der Waals surface area (Å²) >= 11 is 0. The van der Waals surface area contributed by atoms with Crippen molar-refractivity contribution in [3.8, 4) is 11.5 Å². The molecule has 0 saturated carbocycles. The Bertz CT molecular complexity index is 660. The minimum Gasteiger partial charge on any atom is -0.486 e. The van der Waals surface area contributed by atoms with Crippen LogP contribution < -0.4 is 9.47 Å². The van der Waals surface area contributed by atoms with Crippen LogP contribution in [0.15, 0.2) is 36.7 Å². The molecular formula is C16H16N2O4. The van der Waals surface area contributed by atoms with Crippen LogP contribution in [0.5, 0.6) is 11.5 Å². The van der Waals surface area contributed by atoms with Gasteiger partial charge >= 0.3 is 0 Å². The van der Waals surface area contributed by atoms with Crippen molar-refractivity contribution in [2.24, 2.45) is 0 Å². The molecule has 0 amide bonds. The standard InChI is InChI=1S/C16H16N2O4/c19-13(2-3-14(20)12-5-6-17-18-10-12)11-1-4-15-16(9-11)22-8-7-21-15/h1,4-6,9-10,14,20H,2-3,7-8H2. The first-order chi connectivity index (χ1) is 10.7. The van der Waals surface area contributed by atoms with E-state index in [1.165, 1.54) is 12.4 Å². The van der Waals surface area contributed by atoms with Gasteiger partial charge in [-0.2, -0.15) is 10.2 Å². The van der Waals surface area contributed by atoms with Crippen LogP contribution in [0.1, 0.15) is 34.9 Å². The molecule has 1 aromatic heterocycles. The monoisotopic (exact) mass is 300 g/mol. The number of benzene rings is 1. The second-order valence-corrected chi connectivity index (χ2v) is 5.01. The first kappa shape index (κ1) is 14.5. The number of aromatic nitrogens is 2. The molecule has 0 radical (unpaired) electrons. The predicted octanol–water partition coefficient (Wildman–Crippen LogP) is 1.94. The van der Waals surface area contributed by atoms with E-state index >= 15 is 0 Å². The van der Waals surface area contributed by atoms with Crippen molar-refractivity contribution in [2.75, 3.05) is 13.2 Å². The lowest BCUT2D eigenvalue weighted by atomic mass is 10.0. The molecule has 1 aliphatic heterocycles. The fraction of sp³-hybridized carbons (Fsp3) is 0.312. The topological polar surface area (TPSA) is 81.5 Å². The Balaban J connectivity index is 1.62. The molecule has 6 heteroatoms. The van der Waals surface area contributed by atoms with Crippen LogP contribution in [0, 0.1) is 0 Å². The lowest BCUT2D eigenvalue weighted by molar-refractivity contribution is 0.0939. The van der Waals surface area contributed by atoms with Gasteiger partial charge in [-0.1, -0.05) is 0 Å². The molecule has 1 unspecified atom stereocenters. The highest BCUT2D eigenvalue weighted by Gasteiger charge is 2.16. The maximum Gasteiger partial charge on any atom is 0.163 e. The van der Waals surface area contributed by atoms with Crippen molar-refractivity contribution in [2.45, 2.75) is 18.9 Å². The van der Waals surface area contributed by atoms with Crippen molar-refractivity contribution in [3.63, 3.8) is 0 Å². The van der Waals surface area contributed by atoms with E-state index in [9.17, 15) is 9.90 Å². The van der Waals surface area contributed by atoms with E-state index in [0.717, 1.165) is 0 Å². The Morgan fingerprint density at radius 2 is 2.00 bits per heavy atom. The highest BCUT2D eigenvalue weighted by molar-refractivity contribution is 5.96. The number of aliphatic hydroxyl groups excluding tert-OH is 1. The van der Waals surface area contributed by atoms with E-state index in [0.29, 0.717) is 42.3 Å². The van der Waals surface area contributed by atoms with E-state index < -0.39 is 6.10 Å². The number of fused-ring (bicyclic) bond motifs is 1. The van der Waals surface area contributed by atoms with Gasteiger partial charge < -0.3 is 14.6 Å². The number of carbonyl (C=O) groups is 1. The molecule has 0 aliphatic carbocycles. The summed E-state index contributed by atoms with van der Waals surface area (Å²) in [6, 6.07) is 6.84. The fourth-order valence-electron chi connectivity index (χ4n) is 2.29. The first-order valence-electron chi connectivity index (χ1n) is 7.11. The van der Waals surface area contributed by atoms with E-state index in [4.69, 9.17) is 9.47 Å². The molecule has 0 bridgehead atoms. The number of ketones is 1. The van der Waals surface area contributed by atoms with Crippen molar-refractivity contribution >= 4 is 5.78 Å². The zero-order chi connectivity index (χ0) is 15.4. The van der Waals surface area contributed by atoms with Gasteiger partial charge in [-0.05, 0) is 30.7 Å². The number of ether oxygens (including phenoxy) is 2. The number of nitrogens with zero attached hydrogens (tertiary/aromatic N) is 2. The summed E-state index contributed by atoms with van der Waals surface area (Å²) in [5, 5.41) is 17.4. The third-order valence-electron chi connectivity index (χ3n) is 3.50. The Morgan fingerprint density at radius 3 is 2.77 bits per heavy atom. The van der Waals surface area contributed by atoms with E-state index in [2.05, 4.69) is 10.2 Å². The largest absolute Gasteiger partial charge is 0.486 e. The van der Waals surface area contributed by atoms with E-state index in [1.807, 2.05) is 0 Å². The van der Waals surface area contributed by atoms with Crippen LogP contribution in [0.2, 0.25) is 0 Å². The lowest BCUT2D eigenvalue weighted by Crippen LogP contribution is -2.15. The summed E-state index contributed by atoms with van der Waals surface area (Å²) in [6.07, 6.45) is 2.86. The van der Waals surface area contributed by atoms with Crippen molar-refractivity contribution in [3.05, 3.63) is 47.8 Å². The smallest absolute Gasteiger partial charge is 0.163 e. The molecule has 1 aromatic carbocycles. The van der Waals surface area contributed by atoms with Crippen LogP contribution in [-0.4, -0.2) is 34.3 Å². The van der Waals surface area contributed by atoms with Crippen molar-refractivity contribution in [1.29, 1.82) is 0 Å². The minimum absolute atomic E-state index is 0.0435. The van der Waals surface area contributed by atoms with Gasteiger partial charge in [0.05, 0.1) is 12.3 Å². The normalized spacial score (nSPS) is 14.4. The Morgan fingerprint density at radius 1 is 1.18 bits per heavy atom. The molecule has 114 valence electrons. The van der Waals surface area contributed by atoms with Gasteiger partial charge in [-0.3, -0.25) is 4.79 Å². The number of hydrogen-bond donors (Lipinski definition) is 1. The SMILES string of the molecule is O=C(CCC(O)c1ccnnc1)c1ccc2c(c1)OCCO2. The summed E-state index contributed by atoms with van der Waals surface area (Å²) in [5.74, 6) is 1.21. The molecule has 1 N–H and O–H groups in total. The van der Waals surface area contributed by atoms with Crippen molar-refractivity contribution in [1.82, 2.24) is 10.2 Å². The average molecular weight is 300 g/mol.